The van der Waals surface area contributed by atoms with E-state index in [2.05, 4.69) is 15.6 Å². The second kappa shape index (κ2) is 7.96. The summed E-state index contributed by atoms with van der Waals surface area (Å²) in [5.41, 5.74) is 2.09. The van der Waals surface area contributed by atoms with Crippen LogP contribution in [0.1, 0.15) is 32.0 Å². The first-order valence-electron chi connectivity index (χ1n) is 8.45. The Labute approximate surface area is 160 Å². The van der Waals surface area contributed by atoms with Crippen LogP contribution in [0.25, 0.3) is 0 Å². The number of anilines is 2. The van der Waals surface area contributed by atoms with Crippen molar-refractivity contribution in [3.05, 3.63) is 88.7 Å². The van der Waals surface area contributed by atoms with Crippen molar-refractivity contribution in [2.24, 2.45) is 0 Å². The fourth-order valence-corrected chi connectivity index (χ4v) is 2.64. The molecule has 0 spiro atoms. The second-order valence-corrected chi connectivity index (χ2v) is 6.25. The first kappa shape index (κ1) is 19.2. The largest absolute Gasteiger partial charge is 0.322 e. The number of carbonyl (C=O) groups excluding carboxylic acids is 2. The smallest absolute Gasteiger partial charge is 0.274 e. The van der Waals surface area contributed by atoms with Gasteiger partial charge in [-0.15, -0.1) is 0 Å². The van der Waals surface area contributed by atoms with Crippen molar-refractivity contribution < 1.29 is 18.4 Å². The Balaban J connectivity index is 1.79. The summed E-state index contributed by atoms with van der Waals surface area (Å²) in [6.45, 7) is 3.82. The Kier molecular flexibility index (Phi) is 5.44. The number of nitrogens with one attached hydrogen (secondary N) is 2. The number of amides is 2. The van der Waals surface area contributed by atoms with E-state index in [4.69, 9.17) is 0 Å². The molecular formula is C21H17F2N3O2. The van der Waals surface area contributed by atoms with Gasteiger partial charge in [-0.05, 0) is 49.7 Å². The van der Waals surface area contributed by atoms with Gasteiger partial charge in [0.2, 0.25) is 0 Å². The number of benzene rings is 2. The van der Waals surface area contributed by atoms with E-state index < -0.39 is 29.1 Å². The summed E-state index contributed by atoms with van der Waals surface area (Å²) in [6.07, 6.45) is 1.28. The van der Waals surface area contributed by atoms with E-state index in [1.165, 1.54) is 24.4 Å². The van der Waals surface area contributed by atoms with Crippen molar-refractivity contribution >= 4 is 23.2 Å². The molecule has 3 rings (SSSR count). The minimum absolute atomic E-state index is 0.143. The molecule has 0 bridgehead atoms. The van der Waals surface area contributed by atoms with Gasteiger partial charge < -0.3 is 10.6 Å². The SMILES string of the molecule is Cc1ccc(NC(=O)c2ccnc(C(=O)Nc3c(F)cccc3F)c2)c(C)c1. The van der Waals surface area contributed by atoms with Crippen molar-refractivity contribution in [2.75, 3.05) is 10.6 Å². The summed E-state index contributed by atoms with van der Waals surface area (Å²) in [5, 5.41) is 4.91. The fraction of sp³-hybridized carbons (Fsp3) is 0.0952. The molecular weight excluding hydrogens is 364 g/mol. The predicted molar refractivity (Wildman–Crippen MR) is 102 cm³/mol. The predicted octanol–water partition coefficient (Wildman–Crippen LogP) is 4.48. The number of nitrogens with zero attached hydrogens (tertiary/aromatic N) is 1. The van der Waals surface area contributed by atoms with E-state index >= 15 is 0 Å². The summed E-state index contributed by atoms with van der Waals surface area (Å²) < 4.78 is 27.4. The maximum absolute atomic E-state index is 13.7. The van der Waals surface area contributed by atoms with E-state index in [0.717, 1.165) is 23.3 Å². The summed E-state index contributed by atoms with van der Waals surface area (Å²) in [6, 6.07) is 11.5. The van der Waals surface area contributed by atoms with Crippen LogP contribution < -0.4 is 10.6 Å². The van der Waals surface area contributed by atoms with E-state index in [1.54, 1.807) is 6.07 Å². The molecule has 2 amide bonds. The Morgan fingerprint density at radius 1 is 0.893 bits per heavy atom. The van der Waals surface area contributed by atoms with Crippen LogP contribution in [-0.4, -0.2) is 16.8 Å². The molecule has 1 heterocycles. The lowest BCUT2D eigenvalue weighted by Gasteiger charge is -2.10. The molecule has 2 N–H and O–H groups in total. The van der Waals surface area contributed by atoms with Crippen molar-refractivity contribution in [1.82, 2.24) is 4.98 Å². The fourth-order valence-electron chi connectivity index (χ4n) is 2.64. The van der Waals surface area contributed by atoms with Gasteiger partial charge in [-0.2, -0.15) is 0 Å². The molecule has 2 aromatic carbocycles. The van der Waals surface area contributed by atoms with Crippen LogP contribution in [-0.2, 0) is 0 Å². The second-order valence-electron chi connectivity index (χ2n) is 6.25. The maximum atomic E-state index is 13.7. The number of pyridine rings is 1. The van der Waals surface area contributed by atoms with E-state index in [1.807, 2.05) is 26.0 Å². The zero-order valence-corrected chi connectivity index (χ0v) is 15.2. The van der Waals surface area contributed by atoms with Crippen LogP contribution in [0, 0.1) is 25.5 Å². The summed E-state index contributed by atoms with van der Waals surface area (Å²) >= 11 is 0. The average molecular weight is 381 g/mol. The molecule has 142 valence electrons. The average Bonchev–Trinajstić information content (AvgIpc) is 2.67. The highest BCUT2D eigenvalue weighted by Gasteiger charge is 2.16. The van der Waals surface area contributed by atoms with E-state index in [-0.39, 0.29) is 11.3 Å². The Morgan fingerprint density at radius 2 is 1.61 bits per heavy atom. The molecule has 3 aromatic rings. The molecule has 0 aliphatic carbocycles. The normalized spacial score (nSPS) is 10.4. The summed E-state index contributed by atoms with van der Waals surface area (Å²) in [5.74, 6) is -3.07. The highest BCUT2D eigenvalue weighted by Crippen LogP contribution is 2.20. The Hall–Kier alpha value is -3.61. The Bertz CT molecular complexity index is 1050. The first-order chi connectivity index (χ1) is 13.3. The number of carbonyl (C=O) groups is 2. The van der Waals surface area contributed by atoms with Gasteiger partial charge in [-0.1, -0.05) is 23.8 Å². The maximum Gasteiger partial charge on any atom is 0.274 e. The van der Waals surface area contributed by atoms with Gasteiger partial charge in [0.05, 0.1) is 0 Å². The van der Waals surface area contributed by atoms with Crippen LogP contribution >= 0.6 is 0 Å². The molecule has 0 saturated carbocycles. The topological polar surface area (TPSA) is 71.1 Å². The summed E-state index contributed by atoms with van der Waals surface area (Å²) in [4.78, 5) is 28.7. The lowest BCUT2D eigenvalue weighted by Crippen LogP contribution is -2.18. The molecule has 0 aliphatic rings. The van der Waals surface area contributed by atoms with Crippen molar-refractivity contribution in [3.63, 3.8) is 0 Å². The van der Waals surface area contributed by atoms with E-state index in [9.17, 15) is 18.4 Å². The zero-order valence-electron chi connectivity index (χ0n) is 15.2. The molecule has 0 unspecified atom stereocenters. The molecule has 0 fully saturated rings. The van der Waals surface area contributed by atoms with Crippen LogP contribution in [0.4, 0.5) is 20.2 Å². The zero-order chi connectivity index (χ0) is 20.3. The lowest BCUT2D eigenvalue weighted by atomic mass is 10.1. The molecule has 5 nitrogen and oxygen atoms in total. The van der Waals surface area contributed by atoms with Gasteiger partial charge in [0.25, 0.3) is 11.8 Å². The lowest BCUT2D eigenvalue weighted by molar-refractivity contribution is 0.102. The number of para-hydroxylation sites is 1. The van der Waals surface area contributed by atoms with Crippen LogP contribution in [0.3, 0.4) is 0 Å². The number of hydrogen-bond donors (Lipinski definition) is 2. The molecule has 28 heavy (non-hydrogen) atoms. The minimum Gasteiger partial charge on any atom is -0.322 e. The van der Waals surface area contributed by atoms with Gasteiger partial charge in [0.15, 0.2) is 0 Å². The number of aromatic nitrogens is 1. The minimum atomic E-state index is -0.905. The van der Waals surface area contributed by atoms with Gasteiger partial charge in [0.1, 0.15) is 23.0 Å². The molecule has 0 saturated heterocycles. The number of aryl methyl sites for hydroxylation is 2. The third-order valence-corrected chi connectivity index (χ3v) is 4.09. The monoisotopic (exact) mass is 381 g/mol. The van der Waals surface area contributed by atoms with Crippen molar-refractivity contribution in [1.29, 1.82) is 0 Å². The number of halogens is 2. The third kappa shape index (κ3) is 4.20. The number of hydrogen-bond acceptors (Lipinski definition) is 3. The molecule has 0 atom stereocenters. The van der Waals surface area contributed by atoms with Crippen LogP contribution in [0.5, 0.6) is 0 Å². The van der Waals surface area contributed by atoms with Crippen molar-refractivity contribution in [3.8, 4) is 0 Å². The molecule has 0 radical (unpaired) electrons. The van der Waals surface area contributed by atoms with Gasteiger partial charge in [-0.3, -0.25) is 14.6 Å². The third-order valence-electron chi connectivity index (χ3n) is 4.09. The molecule has 7 heteroatoms. The summed E-state index contributed by atoms with van der Waals surface area (Å²) in [7, 11) is 0. The van der Waals surface area contributed by atoms with Crippen molar-refractivity contribution in [2.45, 2.75) is 13.8 Å². The van der Waals surface area contributed by atoms with Gasteiger partial charge in [0, 0.05) is 17.4 Å². The van der Waals surface area contributed by atoms with Gasteiger partial charge in [-0.25, -0.2) is 8.78 Å². The molecule has 0 aliphatic heterocycles. The van der Waals surface area contributed by atoms with Crippen LogP contribution in [0.2, 0.25) is 0 Å². The van der Waals surface area contributed by atoms with E-state index in [0.29, 0.717) is 5.69 Å². The van der Waals surface area contributed by atoms with Gasteiger partial charge >= 0.3 is 0 Å². The highest BCUT2D eigenvalue weighted by molar-refractivity contribution is 6.08. The first-order valence-corrected chi connectivity index (χ1v) is 8.45. The Morgan fingerprint density at radius 3 is 2.29 bits per heavy atom. The number of rotatable bonds is 4. The van der Waals surface area contributed by atoms with Crippen LogP contribution in [0.15, 0.2) is 54.7 Å². The quantitative estimate of drug-likeness (QED) is 0.700. The standard InChI is InChI=1S/C21H17F2N3O2/c1-12-6-7-17(13(2)10-12)25-20(27)14-8-9-24-18(11-14)21(28)26-19-15(22)4-3-5-16(19)23/h3-11H,1-2H3,(H,25,27)(H,26,28). The highest BCUT2D eigenvalue weighted by atomic mass is 19.1. The molecule has 1 aromatic heterocycles.